The molecular weight excluding hydrogens is 334 g/mol. The summed E-state index contributed by atoms with van der Waals surface area (Å²) < 4.78 is 16.0. The number of benzene rings is 2. The molecule has 1 N–H and O–H groups in total. The van der Waals surface area contributed by atoms with Crippen LogP contribution in [0.3, 0.4) is 0 Å². The van der Waals surface area contributed by atoms with Gasteiger partial charge in [-0.25, -0.2) is 4.79 Å². The number of carbonyl (C=O) groups excluding carboxylic acids is 2. The Morgan fingerprint density at radius 2 is 1.65 bits per heavy atom. The number of ether oxygens (including phenoxy) is 3. The molecule has 0 fully saturated rings. The Hall–Kier alpha value is -3.02. The summed E-state index contributed by atoms with van der Waals surface area (Å²) >= 11 is 0. The van der Waals surface area contributed by atoms with Crippen molar-refractivity contribution in [3.05, 3.63) is 54.1 Å². The molecule has 0 spiro atoms. The van der Waals surface area contributed by atoms with Crippen molar-refractivity contribution in [2.24, 2.45) is 0 Å². The molecule has 0 saturated carbocycles. The lowest BCUT2D eigenvalue weighted by atomic mass is 10.2. The highest BCUT2D eigenvalue weighted by Gasteiger charge is 2.20. The van der Waals surface area contributed by atoms with E-state index in [2.05, 4.69) is 5.32 Å². The predicted molar refractivity (Wildman–Crippen MR) is 98.7 cm³/mol. The number of para-hydroxylation sites is 2. The minimum atomic E-state index is -0.670. The highest BCUT2D eigenvalue weighted by atomic mass is 16.5. The van der Waals surface area contributed by atoms with Crippen molar-refractivity contribution < 1.29 is 23.8 Å². The maximum Gasteiger partial charge on any atom is 0.338 e. The van der Waals surface area contributed by atoms with Gasteiger partial charge in [0.1, 0.15) is 0 Å². The Labute approximate surface area is 153 Å². The van der Waals surface area contributed by atoms with Crippen molar-refractivity contribution in [2.45, 2.75) is 26.4 Å². The molecule has 0 aliphatic carbocycles. The summed E-state index contributed by atoms with van der Waals surface area (Å²) in [6, 6.07) is 13.7. The van der Waals surface area contributed by atoms with Gasteiger partial charge >= 0.3 is 5.97 Å². The first-order valence-electron chi connectivity index (χ1n) is 8.46. The Balaban J connectivity index is 2.03. The van der Waals surface area contributed by atoms with Gasteiger partial charge in [0, 0.05) is 5.69 Å². The molecule has 2 rings (SSSR count). The number of carbonyl (C=O) groups is 2. The van der Waals surface area contributed by atoms with Crippen molar-refractivity contribution >= 4 is 17.6 Å². The van der Waals surface area contributed by atoms with Crippen LogP contribution < -0.4 is 14.8 Å². The Bertz CT molecular complexity index is 742. The van der Waals surface area contributed by atoms with E-state index in [9.17, 15) is 9.59 Å². The minimum Gasteiger partial charge on any atom is -0.493 e. The second kappa shape index (κ2) is 9.46. The molecule has 0 aliphatic rings. The number of amides is 1. The van der Waals surface area contributed by atoms with E-state index in [-0.39, 0.29) is 5.91 Å². The van der Waals surface area contributed by atoms with Gasteiger partial charge in [-0.1, -0.05) is 19.1 Å². The maximum absolute atomic E-state index is 12.5. The van der Waals surface area contributed by atoms with Crippen LogP contribution in [0.25, 0.3) is 0 Å². The third-order valence-electron chi connectivity index (χ3n) is 3.67. The topological polar surface area (TPSA) is 73.9 Å². The molecule has 6 nitrogen and oxygen atoms in total. The van der Waals surface area contributed by atoms with Crippen molar-refractivity contribution in [3.63, 3.8) is 0 Å². The van der Waals surface area contributed by atoms with Crippen molar-refractivity contribution in [1.82, 2.24) is 0 Å². The molecular formula is C20H23NO5. The average Bonchev–Trinajstić information content (AvgIpc) is 2.67. The zero-order chi connectivity index (χ0) is 18.9. The predicted octanol–water partition coefficient (Wildman–Crippen LogP) is 3.67. The molecule has 0 radical (unpaired) electrons. The number of esters is 1. The Morgan fingerprint density at radius 1 is 1.00 bits per heavy atom. The van der Waals surface area contributed by atoms with E-state index in [0.29, 0.717) is 35.8 Å². The van der Waals surface area contributed by atoms with Gasteiger partial charge in [0.25, 0.3) is 5.91 Å². The summed E-state index contributed by atoms with van der Waals surface area (Å²) in [5.74, 6) is 0.408. The largest absolute Gasteiger partial charge is 0.493 e. The van der Waals surface area contributed by atoms with Gasteiger partial charge in [0.15, 0.2) is 17.6 Å². The fourth-order valence-corrected chi connectivity index (χ4v) is 2.32. The normalized spacial score (nSPS) is 11.3. The van der Waals surface area contributed by atoms with Gasteiger partial charge in [0.2, 0.25) is 0 Å². The van der Waals surface area contributed by atoms with E-state index in [4.69, 9.17) is 14.2 Å². The third kappa shape index (κ3) is 4.99. The zero-order valence-corrected chi connectivity index (χ0v) is 15.2. The van der Waals surface area contributed by atoms with E-state index in [1.165, 1.54) is 0 Å². The third-order valence-corrected chi connectivity index (χ3v) is 3.67. The number of anilines is 1. The summed E-state index contributed by atoms with van der Waals surface area (Å²) in [6.45, 7) is 3.93. The highest BCUT2D eigenvalue weighted by Crippen LogP contribution is 2.27. The molecule has 1 atom stereocenters. The van der Waals surface area contributed by atoms with Crippen LogP contribution in [0.2, 0.25) is 0 Å². The van der Waals surface area contributed by atoms with Gasteiger partial charge < -0.3 is 19.5 Å². The molecule has 2 aromatic rings. The lowest BCUT2D eigenvalue weighted by molar-refractivity contribution is -0.122. The first kappa shape index (κ1) is 19.3. The first-order valence-corrected chi connectivity index (χ1v) is 8.46. The molecule has 2 aromatic carbocycles. The number of rotatable bonds is 8. The summed E-state index contributed by atoms with van der Waals surface area (Å²) in [4.78, 5) is 24.2. The summed E-state index contributed by atoms with van der Waals surface area (Å²) in [7, 11) is 1.55. The fourth-order valence-electron chi connectivity index (χ4n) is 2.32. The van der Waals surface area contributed by atoms with Gasteiger partial charge in [-0.2, -0.15) is 0 Å². The quantitative estimate of drug-likeness (QED) is 0.730. The molecule has 1 amide bonds. The van der Waals surface area contributed by atoms with Crippen molar-refractivity contribution in [3.8, 4) is 11.5 Å². The minimum absolute atomic E-state index is 0.276. The second-order valence-electron chi connectivity index (χ2n) is 5.45. The van der Waals surface area contributed by atoms with E-state index in [0.717, 1.165) is 0 Å². The van der Waals surface area contributed by atoms with E-state index in [1.807, 2.05) is 19.1 Å². The van der Waals surface area contributed by atoms with Crippen LogP contribution in [0.1, 0.15) is 30.6 Å². The lowest BCUT2D eigenvalue weighted by Gasteiger charge is -2.19. The molecule has 26 heavy (non-hydrogen) atoms. The zero-order valence-electron chi connectivity index (χ0n) is 15.2. The smallest absolute Gasteiger partial charge is 0.338 e. The molecule has 0 saturated heterocycles. The summed E-state index contributed by atoms with van der Waals surface area (Å²) in [5, 5.41) is 2.79. The van der Waals surface area contributed by atoms with Gasteiger partial charge in [-0.05, 0) is 49.7 Å². The van der Waals surface area contributed by atoms with Gasteiger partial charge in [-0.15, -0.1) is 0 Å². The van der Waals surface area contributed by atoms with Crippen LogP contribution >= 0.6 is 0 Å². The van der Waals surface area contributed by atoms with Crippen LogP contribution in [0.4, 0.5) is 5.69 Å². The Kier molecular flexibility index (Phi) is 7.02. The lowest BCUT2D eigenvalue weighted by Crippen LogP contribution is -2.32. The number of methoxy groups -OCH3 is 1. The van der Waals surface area contributed by atoms with Gasteiger partial charge in [-0.3, -0.25) is 4.79 Å². The molecule has 0 aliphatic heterocycles. The van der Waals surface area contributed by atoms with Crippen molar-refractivity contribution in [2.75, 3.05) is 19.0 Å². The first-order chi connectivity index (χ1) is 12.6. The van der Waals surface area contributed by atoms with Crippen LogP contribution in [-0.2, 0) is 9.53 Å². The van der Waals surface area contributed by atoms with Crippen LogP contribution in [-0.4, -0.2) is 31.7 Å². The van der Waals surface area contributed by atoms with Gasteiger partial charge in [0.05, 0.1) is 19.3 Å². The number of nitrogens with one attached hydrogen (secondary N) is 1. The Morgan fingerprint density at radius 3 is 2.23 bits per heavy atom. The number of hydrogen-bond acceptors (Lipinski definition) is 5. The molecule has 0 bridgehead atoms. The summed E-state index contributed by atoms with van der Waals surface area (Å²) in [6.07, 6.45) is -0.179. The van der Waals surface area contributed by atoms with Crippen LogP contribution in [0, 0.1) is 0 Å². The average molecular weight is 357 g/mol. The molecule has 138 valence electrons. The standard InChI is InChI=1S/C20H23NO5/c1-4-16(26-18-9-7-6-8-17(18)24-3)19(22)21-15-12-10-14(11-13-15)20(23)25-5-2/h6-13,16H,4-5H2,1-3H3,(H,21,22)/t16-/m0/s1. The molecule has 0 unspecified atom stereocenters. The molecule has 6 heteroatoms. The van der Waals surface area contributed by atoms with E-state index >= 15 is 0 Å². The molecule has 0 aromatic heterocycles. The van der Waals surface area contributed by atoms with Crippen LogP contribution in [0.15, 0.2) is 48.5 Å². The highest BCUT2D eigenvalue weighted by molar-refractivity contribution is 5.95. The fraction of sp³-hybridized carbons (Fsp3) is 0.300. The maximum atomic E-state index is 12.5. The van der Waals surface area contributed by atoms with Crippen LogP contribution in [0.5, 0.6) is 11.5 Å². The molecule has 0 heterocycles. The monoisotopic (exact) mass is 357 g/mol. The number of hydrogen-bond donors (Lipinski definition) is 1. The van der Waals surface area contributed by atoms with E-state index < -0.39 is 12.1 Å². The summed E-state index contributed by atoms with van der Waals surface area (Å²) in [5.41, 5.74) is 1.01. The van der Waals surface area contributed by atoms with Crippen molar-refractivity contribution in [1.29, 1.82) is 0 Å². The van der Waals surface area contributed by atoms with E-state index in [1.54, 1.807) is 50.4 Å². The second-order valence-corrected chi connectivity index (χ2v) is 5.45. The SMILES string of the molecule is CCOC(=O)c1ccc(NC(=O)[C@H](CC)Oc2ccccc2OC)cc1.